The van der Waals surface area contributed by atoms with Crippen molar-refractivity contribution >= 4 is 11.3 Å². The summed E-state index contributed by atoms with van der Waals surface area (Å²) in [5, 5.41) is 11.4. The van der Waals surface area contributed by atoms with E-state index in [-0.39, 0.29) is 0 Å². The molecule has 0 bridgehead atoms. The SMILES string of the molecule is Cc1ccc(-c2nnc(CCNC(C)C)o2)s1. The number of thiophene rings is 1. The number of aryl methyl sites for hydroxylation is 1. The molecule has 0 spiro atoms. The van der Waals surface area contributed by atoms with Gasteiger partial charge in [-0.1, -0.05) is 13.8 Å². The van der Waals surface area contributed by atoms with Crippen LogP contribution < -0.4 is 5.32 Å². The minimum absolute atomic E-state index is 0.484. The van der Waals surface area contributed by atoms with Gasteiger partial charge in [-0.15, -0.1) is 21.5 Å². The molecule has 5 heteroatoms. The number of nitrogens with zero attached hydrogens (tertiary/aromatic N) is 2. The van der Waals surface area contributed by atoms with Gasteiger partial charge in [-0.2, -0.15) is 0 Å². The van der Waals surface area contributed by atoms with Crippen LogP contribution in [0.15, 0.2) is 16.5 Å². The van der Waals surface area contributed by atoms with Crippen molar-refractivity contribution in [2.45, 2.75) is 33.2 Å². The van der Waals surface area contributed by atoms with Crippen molar-refractivity contribution in [1.82, 2.24) is 15.5 Å². The molecule has 0 unspecified atom stereocenters. The fraction of sp³-hybridized carbons (Fsp3) is 0.500. The molecule has 0 amide bonds. The highest BCUT2D eigenvalue weighted by molar-refractivity contribution is 7.15. The van der Waals surface area contributed by atoms with Crippen molar-refractivity contribution in [3.05, 3.63) is 22.9 Å². The number of rotatable bonds is 5. The van der Waals surface area contributed by atoms with Gasteiger partial charge in [0.05, 0.1) is 4.88 Å². The minimum Gasteiger partial charge on any atom is -0.420 e. The van der Waals surface area contributed by atoms with E-state index in [0.717, 1.165) is 17.8 Å². The molecule has 0 saturated carbocycles. The fourth-order valence-corrected chi connectivity index (χ4v) is 2.26. The highest BCUT2D eigenvalue weighted by Crippen LogP contribution is 2.26. The highest BCUT2D eigenvalue weighted by Gasteiger charge is 2.09. The summed E-state index contributed by atoms with van der Waals surface area (Å²) in [4.78, 5) is 2.29. The summed E-state index contributed by atoms with van der Waals surface area (Å²) in [6.07, 6.45) is 0.773. The van der Waals surface area contributed by atoms with Crippen molar-refractivity contribution in [3.8, 4) is 10.8 Å². The molecule has 2 heterocycles. The third kappa shape index (κ3) is 3.38. The first-order chi connectivity index (χ1) is 8.15. The van der Waals surface area contributed by atoms with Crippen LogP contribution in [0.1, 0.15) is 24.6 Å². The molecule has 17 heavy (non-hydrogen) atoms. The zero-order valence-corrected chi connectivity index (χ0v) is 11.2. The Morgan fingerprint density at radius 1 is 1.35 bits per heavy atom. The molecule has 0 fully saturated rings. The Kier molecular flexibility index (Phi) is 3.91. The second kappa shape index (κ2) is 5.42. The summed E-state index contributed by atoms with van der Waals surface area (Å²) in [7, 11) is 0. The molecule has 0 aliphatic rings. The molecule has 0 aromatic carbocycles. The zero-order valence-electron chi connectivity index (χ0n) is 10.4. The topological polar surface area (TPSA) is 51.0 Å². The van der Waals surface area contributed by atoms with Crippen LogP contribution in [0, 0.1) is 6.92 Å². The molecule has 2 aromatic heterocycles. The van der Waals surface area contributed by atoms with Crippen LogP contribution in [0.25, 0.3) is 10.8 Å². The Bertz CT molecular complexity index is 476. The van der Waals surface area contributed by atoms with Crippen LogP contribution in [0.3, 0.4) is 0 Å². The van der Waals surface area contributed by atoms with E-state index >= 15 is 0 Å². The molecule has 4 nitrogen and oxygen atoms in total. The van der Waals surface area contributed by atoms with Gasteiger partial charge in [-0.05, 0) is 19.1 Å². The number of nitrogens with one attached hydrogen (secondary N) is 1. The van der Waals surface area contributed by atoms with Gasteiger partial charge < -0.3 is 9.73 Å². The van der Waals surface area contributed by atoms with Crippen LogP contribution in [0.2, 0.25) is 0 Å². The third-order valence-electron chi connectivity index (χ3n) is 2.31. The normalized spacial score (nSPS) is 11.3. The fourth-order valence-electron chi connectivity index (χ4n) is 1.47. The van der Waals surface area contributed by atoms with Gasteiger partial charge in [0.2, 0.25) is 5.89 Å². The smallest absolute Gasteiger partial charge is 0.257 e. The lowest BCUT2D eigenvalue weighted by molar-refractivity contribution is 0.485. The lowest BCUT2D eigenvalue weighted by Gasteiger charge is -2.04. The van der Waals surface area contributed by atoms with Gasteiger partial charge in [-0.3, -0.25) is 0 Å². The van der Waals surface area contributed by atoms with Crippen molar-refractivity contribution < 1.29 is 4.42 Å². The van der Waals surface area contributed by atoms with Crippen LogP contribution in [-0.2, 0) is 6.42 Å². The average molecular weight is 251 g/mol. The molecular formula is C12H17N3OS. The minimum atomic E-state index is 0.484. The summed E-state index contributed by atoms with van der Waals surface area (Å²) in [6, 6.07) is 4.56. The number of hydrogen-bond acceptors (Lipinski definition) is 5. The van der Waals surface area contributed by atoms with E-state index in [4.69, 9.17) is 4.42 Å². The van der Waals surface area contributed by atoms with Crippen molar-refractivity contribution in [1.29, 1.82) is 0 Å². The Balaban J connectivity index is 1.96. The largest absolute Gasteiger partial charge is 0.420 e. The third-order valence-corrected chi connectivity index (χ3v) is 3.30. The predicted molar refractivity (Wildman–Crippen MR) is 69.2 cm³/mol. The summed E-state index contributed by atoms with van der Waals surface area (Å²) in [6.45, 7) is 7.17. The van der Waals surface area contributed by atoms with Crippen LogP contribution >= 0.6 is 11.3 Å². The molecule has 92 valence electrons. The first kappa shape index (κ1) is 12.3. The first-order valence-electron chi connectivity index (χ1n) is 5.77. The molecule has 0 radical (unpaired) electrons. The van der Waals surface area contributed by atoms with Crippen LogP contribution in [0.5, 0.6) is 0 Å². The van der Waals surface area contributed by atoms with Gasteiger partial charge in [0.1, 0.15) is 0 Å². The summed E-state index contributed by atoms with van der Waals surface area (Å²) < 4.78 is 5.61. The lowest BCUT2D eigenvalue weighted by atomic mass is 10.3. The molecule has 0 aliphatic carbocycles. The average Bonchev–Trinajstić information content (AvgIpc) is 2.86. The molecule has 0 atom stereocenters. The Morgan fingerprint density at radius 3 is 2.82 bits per heavy atom. The van der Waals surface area contributed by atoms with E-state index in [9.17, 15) is 0 Å². The molecule has 2 aromatic rings. The van der Waals surface area contributed by atoms with E-state index in [1.165, 1.54) is 4.88 Å². The van der Waals surface area contributed by atoms with Crippen molar-refractivity contribution in [3.63, 3.8) is 0 Å². The monoisotopic (exact) mass is 251 g/mol. The van der Waals surface area contributed by atoms with Crippen molar-refractivity contribution in [2.24, 2.45) is 0 Å². The van der Waals surface area contributed by atoms with Crippen LogP contribution in [0.4, 0.5) is 0 Å². The standard InChI is InChI=1S/C12H17N3OS/c1-8(2)13-7-6-11-14-15-12(16-11)10-5-4-9(3)17-10/h4-5,8,13H,6-7H2,1-3H3. The highest BCUT2D eigenvalue weighted by atomic mass is 32.1. The second-order valence-electron chi connectivity index (χ2n) is 4.27. The van der Waals surface area contributed by atoms with Gasteiger partial charge in [-0.25, -0.2) is 0 Å². The maximum Gasteiger partial charge on any atom is 0.257 e. The second-order valence-corrected chi connectivity index (χ2v) is 5.56. The molecule has 1 N–H and O–H groups in total. The Hall–Kier alpha value is -1.20. The maximum absolute atomic E-state index is 5.61. The van der Waals surface area contributed by atoms with E-state index in [1.54, 1.807) is 11.3 Å². The maximum atomic E-state index is 5.61. The molecule has 0 saturated heterocycles. The Morgan fingerprint density at radius 2 is 2.18 bits per heavy atom. The quantitative estimate of drug-likeness (QED) is 0.887. The van der Waals surface area contributed by atoms with E-state index in [2.05, 4.69) is 42.4 Å². The van der Waals surface area contributed by atoms with Gasteiger partial charge in [0.15, 0.2) is 0 Å². The van der Waals surface area contributed by atoms with E-state index in [0.29, 0.717) is 17.8 Å². The first-order valence-corrected chi connectivity index (χ1v) is 6.59. The van der Waals surface area contributed by atoms with Gasteiger partial charge >= 0.3 is 0 Å². The van der Waals surface area contributed by atoms with E-state index in [1.807, 2.05) is 6.07 Å². The van der Waals surface area contributed by atoms with Gasteiger partial charge in [0.25, 0.3) is 5.89 Å². The number of hydrogen-bond donors (Lipinski definition) is 1. The van der Waals surface area contributed by atoms with E-state index < -0.39 is 0 Å². The number of aromatic nitrogens is 2. The zero-order chi connectivity index (χ0) is 12.3. The Labute approximate surface area is 105 Å². The lowest BCUT2D eigenvalue weighted by Crippen LogP contribution is -2.25. The van der Waals surface area contributed by atoms with Crippen molar-refractivity contribution in [2.75, 3.05) is 6.54 Å². The summed E-state index contributed by atoms with van der Waals surface area (Å²) in [5.74, 6) is 1.32. The van der Waals surface area contributed by atoms with Crippen LogP contribution in [-0.4, -0.2) is 22.8 Å². The summed E-state index contributed by atoms with van der Waals surface area (Å²) >= 11 is 1.67. The summed E-state index contributed by atoms with van der Waals surface area (Å²) in [5.41, 5.74) is 0. The molecule has 0 aliphatic heterocycles. The predicted octanol–water partition coefficient (Wildman–Crippen LogP) is 2.65. The molecular weight excluding hydrogens is 234 g/mol. The van der Waals surface area contributed by atoms with Gasteiger partial charge in [0, 0.05) is 23.9 Å². The molecule has 2 rings (SSSR count).